The molecule has 0 radical (unpaired) electrons. The molecule has 0 atom stereocenters. The van der Waals surface area contributed by atoms with Crippen LogP contribution in [0.2, 0.25) is 5.02 Å². The highest BCUT2D eigenvalue weighted by Crippen LogP contribution is 2.28. The molecule has 6 heteroatoms. The van der Waals surface area contributed by atoms with Gasteiger partial charge < -0.3 is 14.3 Å². The van der Waals surface area contributed by atoms with Gasteiger partial charge in [-0.1, -0.05) is 17.7 Å². The van der Waals surface area contributed by atoms with Crippen LogP contribution < -0.4 is 0 Å². The third kappa shape index (κ3) is 3.58. The zero-order valence-electron chi connectivity index (χ0n) is 13.2. The van der Waals surface area contributed by atoms with E-state index in [1.165, 1.54) is 0 Å². The van der Waals surface area contributed by atoms with Gasteiger partial charge in [0.25, 0.3) is 0 Å². The van der Waals surface area contributed by atoms with Gasteiger partial charge in [-0.3, -0.25) is 4.90 Å². The summed E-state index contributed by atoms with van der Waals surface area (Å²) in [6, 6.07) is 7.43. The number of ether oxygens (including phenoxy) is 1. The van der Waals surface area contributed by atoms with Crippen molar-refractivity contribution in [2.45, 2.75) is 24.9 Å². The Hall–Kier alpha value is -1.40. The molecule has 1 aromatic heterocycles. The Morgan fingerprint density at radius 2 is 2.13 bits per heavy atom. The molecule has 0 saturated carbocycles. The fourth-order valence-corrected chi connectivity index (χ4v) is 3.15. The third-order valence-electron chi connectivity index (χ3n) is 4.55. The number of aliphatic hydroxyl groups is 1. The minimum atomic E-state index is -0.243. The number of aromatic nitrogens is 1. The average Bonchev–Trinajstić information content (AvgIpc) is 3.04. The largest absolute Gasteiger partial charge is 0.444 e. The Labute approximate surface area is 140 Å². The highest BCUT2D eigenvalue weighted by Gasteiger charge is 2.36. The molecule has 3 rings (SSSR count). The fourth-order valence-electron chi connectivity index (χ4n) is 2.96. The topological polar surface area (TPSA) is 58.7 Å². The Kier molecular flexibility index (Phi) is 5.02. The molecule has 0 aliphatic carbocycles. The predicted molar refractivity (Wildman–Crippen MR) is 88.3 cm³/mol. The highest BCUT2D eigenvalue weighted by molar-refractivity contribution is 6.30. The Morgan fingerprint density at radius 3 is 2.83 bits per heavy atom. The summed E-state index contributed by atoms with van der Waals surface area (Å²) in [7, 11) is 2.01. The third-order valence-corrected chi connectivity index (χ3v) is 4.79. The number of aliphatic hydroxyl groups excluding tert-OH is 1. The van der Waals surface area contributed by atoms with Gasteiger partial charge in [0.05, 0.1) is 12.3 Å². The second kappa shape index (κ2) is 7.01. The van der Waals surface area contributed by atoms with Crippen LogP contribution in [0.25, 0.3) is 11.5 Å². The van der Waals surface area contributed by atoms with E-state index in [-0.39, 0.29) is 12.1 Å². The van der Waals surface area contributed by atoms with E-state index in [4.69, 9.17) is 20.8 Å². The highest BCUT2D eigenvalue weighted by atomic mass is 35.5. The van der Waals surface area contributed by atoms with Crippen molar-refractivity contribution < 1.29 is 14.3 Å². The molecular weight excluding hydrogens is 316 g/mol. The molecule has 1 N–H and O–H groups in total. The number of hydrogen-bond donors (Lipinski definition) is 1. The normalized spacial score (nSPS) is 17.6. The van der Waals surface area contributed by atoms with Gasteiger partial charge in [0.15, 0.2) is 0 Å². The van der Waals surface area contributed by atoms with Crippen molar-refractivity contribution >= 4 is 11.6 Å². The monoisotopic (exact) mass is 336 g/mol. The molecule has 1 aliphatic rings. The second-order valence-electron chi connectivity index (χ2n) is 6.01. The first kappa shape index (κ1) is 16.5. The lowest BCUT2D eigenvalue weighted by atomic mass is 9.89. The molecule has 1 fully saturated rings. The van der Waals surface area contributed by atoms with Crippen molar-refractivity contribution in [3.63, 3.8) is 0 Å². The van der Waals surface area contributed by atoms with Crippen LogP contribution in [-0.4, -0.2) is 47.4 Å². The van der Waals surface area contributed by atoms with E-state index in [9.17, 15) is 5.11 Å². The lowest BCUT2D eigenvalue weighted by molar-refractivity contribution is -0.0497. The van der Waals surface area contributed by atoms with Gasteiger partial charge in [-0.05, 0) is 38.1 Å². The van der Waals surface area contributed by atoms with Gasteiger partial charge in [0.2, 0.25) is 5.89 Å². The van der Waals surface area contributed by atoms with E-state index >= 15 is 0 Å². The number of likely N-dealkylation sites (N-methyl/N-ethyl adjacent to an activating group) is 1. The van der Waals surface area contributed by atoms with Crippen molar-refractivity contribution in [2.24, 2.45) is 0 Å². The maximum absolute atomic E-state index is 9.85. The molecule has 1 aliphatic heterocycles. The smallest absolute Gasteiger partial charge is 0.226 e. The summed E-state index contributed by atoms with van der Waals surface area (Å²) in [5, 5.41) is 10.5. The molecule has 0 spiro atoms. The molecular formula is C17H21ClN2O3. The van der Waals surface area contributed by atoms with Crippen molar-refractivity contribution in [1.82, 2.24) is 9.88 Å². The van der Waals surface area contributed by atoms with Crippen LogP contribution in [0.3, 0.4) is 0 Å². The zero-order chi connectivity index (χ0) is 16.3. The summed E-state index contributed by atoms with van der Waals surface area (Å²) >= 11 is 6.01. The lowest BCUT2D eigenvalue weighted by Gasteiger charge is -2.42. The second-order valence-corrected chi connectivity index (χ2v) is 6.44. The number of rotatable bonds is 5. The van der Waals surface area contributed by atoms with Crippen molar-refractivity contribution in [3.8, 4) is 11.5 Å². The van der Waals surface area contributed by atoms with Crippen molar-refractivity contribution in [2.75, 3.05) is 26.9 Å². The van der Waals surface area contributed by atoms with E-state index in [0.717, 1.165) is 24.1 Å². The summed E-state index contributed by atoms with van der Waals surface area (Å²) in [5.41, 5.74) is 1.45. The van der Waals surface area contributed by atoms with Crippen molar-refractivity contribution in [1.29, 1.82) is 0 Å². The number of benzene rings is 1. The van der Waals surface area contributed by atoms with E-state index in [2.05, 4.69) is 9.88 Å². The quantitative estimate of drug-likeness (QED) is 0.909. The number of nitrogens with zero attached hydrogens (tertiary/aromatic N) is 2. The average molecular weight is 337 g/mol. The summed E-state index contributed by atoms with van der Waals surface area (Å²) in [4.78, 5) is 6.69. The number of hydrogen-bond acceptors (Lipinski definition) is 5. The molecule has 0 unspecified atom stereocenters. The molecule has 1 aromatic carbocycles. The SMILES string of the molecule is CN(Cc1coc(-c2cccc(Cl)c2)n1)C1(CO)CCOCC1. The van der Waals surface area contributed by atoms with Gasteiger partial charge in [-0.25, -0.2) is 4.98 Å². The van der Waals surface area contributed by atoms with Crippen LogP contribution in [0.5, 0.6) is 0 Å². The minimum absolute atomic E-state index is 0.117. The number of halogens is 1. The van der Waals surface area contributed by atoms with E-state index in [1.807, 2.05) is 31.3 Å². The number of oxazole rings is 1. The molecule has 5 nitrogen and oxygen atoms in total. The van der Waals surface area contributed by atoms with Crippen LogP contribution in [0.4, 0.5) is 0 Å². The first-order valence-corrected chi connectivity index (χ1v) is 8.11. The first-order chi connectivity index (χ1) is 11.1. The van der Waals surface area contributed by atoms with Crippen LogP contribution in [0, 0.1) is 0 Å². The van der Waals surface area contributed by atoms with Crippen LogP contribution in [0.1, 0.15) is 18.5 Å². The first-order valence-electron chi connectivity index (χ1n) is 7.73. The van der Waals surface area contributed by atoms with Crippen LogP contribution in [0.15, 0.2) is 34.9 Å². The maximum atomic E-state index is 9.85. The molecule has 124 valence electrons. The van der Waals surface area contributed by atoms with E-state index in [0.29, 0.717) is 30.7 Å². The lowest BCUT2D eigenvalue weighted by Crippen LogP contribution is -2.52. The van der Waals surface area contributed by atoms with Gasteiger partial charge in [-0.2, -0.15) is 0 Å². The van der Waals surface area contributed by atoms with Crippen molar-refractivity contribution in [3.05, 3.63) is 41.2 Å². The Bertz CT molecular complexity index is 653. The molecule has 23 heavy (non-hydrogen) atoms. The summed E-state index contributed by atoms with van der Waals surface area (Å²) < 4.78 is 11.0. The molecule has 0 amide bonds. The minimum Gasteiger partial charge on any atom is -0.444 e. The molecule has 2 aromatic rings. The van der Waals surface area contributed by atoms with Gasteiger partial charge >= 0.3 is 0 Å². The van der Waals surface area contributed by atoms with Gasteiger partial charge in [0, 0.05) is 35.9 Å². The standard InChI is InChI=1S/C17H21ClN2O3/c1-20(17(12-21)5-7-22-8-6-17)10-15-11-23-16(19-15)13-3-2-4-14(18)9-13/h2-4,9,11,21H,5-8,10,12H2,1H3. The van der Waals surface area contributed by atoms with Gasteiger partial charge in [-0.15, -0.1) is 0 Å². The fraction of sp³-hybridized carbons (Fsp3) is 0.471. The summed E-state index contributed by atoms with van der Waals surface area (Å²) in [5.74, 6) is 0.556. The Morgan fingerprint density at radius 1 is 1.35 bits per heavy atom. The van der Waals surface area contributed by atoms with Crippen LogP contribution in [-0.2, 0) is 11.3 Å². The Balaban J connectivity index is 1.73. The molecule has 0 bridgehead atoms. The van der Waals surface area contributed by atoms with E-state index in [1.54, 1.807) is 6.26 Å². The predicted octanol–water partition coefficient (Wildman–Crippen LogP) is 2.97. The maximum Gasteiger partial charge on any atom is 0.226 e. The van der Waals surface area contributed by atoms with Crippen LogP contribution >= 0.6 is 11.6 Å². The molecule has 2 heterocycles. The van der Waals surface area contributed by atoms with Gasteiger partial charge in [0.1, 0.15) is 6.26 Å². The summed E-state index contributed by atoms with van der Waals surface area (Å²) in [6.45, 7) is 2.09. The van der Waals surface area contributed by atoms with E-state index < -0.39 is 0 Å². The zero-order valence-corrected chi connectivity index (χ0v) is 13.9. The molecule has 1 saturated heterocycles. The summed E-state index contributed by atoms with van der Waals surface area (Å²) in [6.07, 6.45) is 3.30.